The summed E-state index contributed by atoms with van der Waals surface area (Å²) < 4.78 is 26.9. The van der Waals surface area contributed by atoms with Gasteiger partial charge in [-0.15, -0.1) is 0 Å². The van der Waals surface area contributed by atoms with Crippen LogP contribution in [0.2, 0.25) is 0 Å². The average molecular weight is 543 g/mol. The number of nitrogens with zero attached hydrogens (tertiary/aromatic N) is 1. The zero-order chi connectivity index (χ0) is 27.0. The molecule has 0 spiro atoms. The normalized spacial score (nSPS) is 32.0. The van der Waals surface area contributed by atoms with Gasteiger partial charge >= 0.3 is 0 Å². The number of hydrogen-bond acceptors (Lipinski definition) is 6. The molecule has 38 heavy (non-hydrogen) atoms. The summed E-state index contributed by atoms with van der Waals surface area (Å²) in [5.41, 5.74) is -0.459. The molecule has 0 aromatic heterocycles. The van der Waals surface area contributed by atoms with E-state index in [4.69, 9.17) is 0 Å². The molecule has 9 nitrogen and oxygen atoms in total. The molecule has 2 saturated carbocycles. The summed E-state index contributed by atoms with van der Waals surface area (Å²) >= 11 is 0. The quantitative estimate of drug-likeness (QED) is 0.492. The monoisotopic (exact) mass is 542 g/mol. The lowest BCUT2D eigenvalue weighted by atomic mass is 10.0. The molecular formula is C28H38N4O5S. The van der Waals surface area contributed by atoms with E-state index in [2.05, 4.69) is 15.4 Å². The maximum absolute atomic E-state index is 13.7. The van der Waals surface area contributed by atoms with Crippen LogP contribution in [-0.2, 0) is 24.4 Å². The van der Waals surface area contributed by atoms with Gasteiger partial charge in [-0.25, -0.2) is 8.42 Å². The van der Waals surface area contributed by atoms with E-state index in [9.17, 15) is 22.8 Å². The summed E-state index contributed by atoms with van der Waals surface area (Å²) in [6.07, 6.45) is 10.8. The van der Waals surface area contributed by atoms with Crippen molar-refractivity contribution in [3.05, 3.63) is 42.5 Å². The topological polar surface area (TPSA) is 125 Å². The van der Waals surface area contributed by atoms with Crippen LogP contribution in [0.1, 0.15) is 71.1 Å². The summed E-state index contributed by atoms with van der Waals surface area (Å²) in [6, 6.07) is 8.45. The van der Waals surface area contributed by atoms with Crippen molar-refractivity contribution in [3.8, 4) is 0 Å². The molecule has 2 aliphatic carbocycles. The van der Waals surface area contributed by atoms with Gasteiger partial charge in [0.25, 0.3) is 5.91 Å². The van der Waals surface area contributed by atoms with Crippen molar-refractivity contribution in [2.24, 2.45) is 5.92 Å². The fraction of sp³-hybridized carbons (Fsp3) is 0.607. The zero-order valence-electron chi connectivity index (χ0n) is 21.9. The van der Waals surface area contributed by atoms with Crippen LogP contribution >= 0.6 is 0 Å². The highest BCUT2D eigenvalue weighted by Crippen LogP contribution is 2.47. The summed E-state index contributed by atoms with van der Waals surface area (Å²) in [5.74, 6) is -1.48. The number of carbonyl (C=O) groups is 3. The molecule has 3 amide bonds. The number of benzene rings is 1. The van der Waals surface area contributed by atoms with Gasteiger partial charge in [0, 0.05) is 18.2 Å². The Morgan fingerprint density at radius 1 is 1.05 bits per heavy atom. The fourth-order valence-electron chi connectivity index (χ4n) is 5.61. The number of carbonyl (C=O) groups excluding carboxylic acids is 3. The molecule has 0 radical (unpaired) electrons. The third-order valence-corrected chi connectivity index (χ3v) is 10.7. The maximum atomic E-state index is 13.7. The van der Waals surface area contributed by atoms with Crippen LogP contribution in [0.15, 0.2) is 42.5 Å². The standard InChI is InChI=1S/C28H38N4O5S/c1-27(16-17-27)38(36,37)31-26(35)28-19-20(28)11-6-3-2-4-9-14-22(29-21-12-7-5-8-13-21)25(34)32-18-10-15-23(32)24(33)30-28/h5-8,11-13,20,22-23,29H,2-4,9-10,14-19H2,1H3,(H,30,33)(H,31,35)/b11-6-/t20-,22+,23+,28-/m1/s1. The van der Waals surface area contributed by atoms with Crippen LogP contribution < -0.4 is 15.4 Å². The lowest BCUT2D eigenvalue weighted by Gasteiger charge is -2.30. The first-order chi connectivity index (χ1) is 18.2. The van der Waals surface area contributed by atoms with Crippen LogP contribution in [0, 0.1) is 5.92 Å². The van der Waals surface area contributed by atoms with Crippen molar-refractivity contribution in [3.63, 3.8) is 0 Å². The van der Waals surface area contributed by atoms with E-state index in [0.29, 0.717) is 45.1 Å². The number of amides is 3. The number of allylic oxidation sites excluding steroid dienone is 1. The van der Waals surface area contributed by atoms with Gasteiger partial charge in [-0.3, -0.25) is 19.1 Å². The Labute approximate surface area is 224 Å². The van der Waals surface area contributed by atoms with Gasteiger partial charge in [0.2, 0.25) is 21.8 Å². The molecule has 10 heteroatoms. The third-order valence-electron chi connectivity index (χ3n) is 8.58. The highest BCUT2D eigenvalue weighted by atomic mass is 32.2. The van der Waals surface area contributed by atoms with Crippen LogP contribution in [0.25, 0.3) is 0 Å². The largest absolute Gasteiger partial charge is 0.374 e. The summed E-state index contributed by atoms with van der Waals surface area (Å²) in [7, 11) is -3.84. The van der Waals surface area contributed by atoms with Crippen molar-refractivity contribution >= 4 is 33.4 Å². The summed E-state index contributed by atoms with van der Waals surface area (Å²) in [6.45, 7) is 2.10. The molecule has 4 atom stereocenters. The molecule has 3 N–H and O–H groups in total. The van der Waals surface area contributed by atoms with Crippen molar-refractivity contribution in [1.82, 2.24) is 14.9 Å². The first-order valence-corrected chi connectivity index (χ1v) is 15.3. The molecule has 1 aromatic carbocycles. The van der Waals surface area contributed by atoms with Gasteiger partial charge in [0.05, 0.1) is 4.75 Å². The lowest BCUT2D eigenvalue weighted by Crippen LogP contribution is -2.58. The minimum atomic E-state index is -3.84. The van der Waals surface area contributed by atoms with E-state index < -0.39 is 44.2 Å². The highest BCUT2D eigenvalue weighted by molar-refractivity contribution is 7.91. The third kappa shape index (κ3) is 5.32. The van der Waals surface area contributed by atoms with Crippen molar-refractivity contribution in [1.29, 1.82) is 0 Å². The summed E-state index contributed by atoms with van der Waals surface area (Å²) in [5, 5.41) is 6.28. The smallest absolute Gasteiger partial charge is 0.259 e. The molecule has 2 heterocycles. The Bertz CT molecular complexity index is 1210. The predicted molar refractivity (Wildman–Crippen MR) is 144 cm³/mol. The van der Waals surface area contributed by atoms with Gasteiger partial charge in [-0.2, -0.15) is 0 Å². The number of nitrogens with one attached hydrogen (secondary N) is 3. The average Bonchev–Trinajstić information content (AvgIpc) is 3.75. The zero-order valence-corrected chi connectivity index (χ0v) is 22.8. The number of para-hydroxylation sites is 1. The Morgan fingerprint density at radius 3 is 2.55 bits per heavy atom. The molecule has 206 valence electrons. The molecule has 1 aromatic rings. The second-order valence-corrected chi connectivity index (χ2v) is 13.7. The maximum Gasteiger partial charge on any atom is 0.259 e. The van der Waals surface area contributed by atoms with E-state index in [1.165, 1.54) is 0 Å². The Hall–Kier alpha value is -2.88. The van der Waals surface area contributed by atoms with E-state index >= 15 is 0 Å². The lowest BCUT2D eigenvalue weighted by molar-refractivity contribution is -0.140. The second kappa shape index (κ2) is 10.4. The van der Waals surface area contributed by atoms with E-state index in [-0.39, 0.29) is 11.8 Å². The van der Waals surface area contributed by atoms with Crippen molar-refractivity contribution < 1.29 is 22.8 Å². The van der Waals surface area contributed by atoms with Crippen molar-refractivity contribution in [2.45, 2.75) is 93.5 Å². The van der Waals surface area contributed by atoms with E-state index in [1.54, 1.807) is 11.8 Å². The fourth-order valence-corrected chi connectivity index (χ4v) is 6.92. The van der Waals surface area contributed by atoms with E-state index in [1.807, 2.05) is 42.5 Å². The second-order valence-electron chi connectivity index (χ2n) is 11.5. The van der Waals surface area contributed by atoms with Gasteiger partial charge in [-0.1, -0.05) is 43.2 Å². The van der Waals surface area contributed by atoms with Gasteiger partial charge < -0.3 is 15.5 Å². The van der Waals surface area contributed by atoms with Gasteiger partial charge in [-0.05, 0) is 70.4 Å². The Kier molecular flexibility index (Phi) is 7.28. The van der Waals surface area contributed by atoms with Crippen LogP contribution in [-0.4, -0.2) is 60.0 Å². The summed E-state index contributed by atoms with van der Waals surface area (Å²) in [4.78, 5) is 42.3. The number of hydrogen-bond donors (Lipinski definition) is 3. The van der Waals surface area contributed by atoms with Crippen molar-refractivity contribution in [2.75, 3.05) is 11.9 Å². The number of anilines is 1. The molecule has 2 aliphatic heterocycles. The van der Waals surface area contributed by atoms with E-state index in [0.717, 1.165) is 31.4 Å². The van der Waals surface area contributed by atoms with Crippen LogP contribution in [0.3, 0.4) is 0 Å². The highest BCUT2D eigenvalue weighted by Gasteiger charge is 2.62. The molecule has 5 rings (SSSR count). The molecule has 4 aliphatic rings. The first-order valence-electron chi connectivity index (χ1n) is 13.8. The number of sulfonamides is 1. The SMILES string of the molecule is CC1(S(=O)(=O)NC(=O)[C@@]23C[C@H]2/C=C\CCCCC[C@H](Nc2ccccc2)C(=O)N2CCC[C@H]2C(=O)N3)CC1. The van der Waals surface area contributed by atoms with Gasteiger partial charge in [0.15, 0.2) is 0 Å². The molecule has 0 unspecified atom stereocenters. The van der Waals surface area contributed by atoms with Crippen LogP contribution in [0.4, 0.5) is 5.69 Å². The minimum absolute atomic E-state index is 0.116. The van der Waals surface area contributed by atoms with Gasteiger partial charge in [0.1, 0.15) is 17.6 Å². The number of rotatable bonds is 5. The number of fused-ring (bicyclic) bond motifs is 2. The minimum Gasteiger partial charge on any atom is -0.374 e. The predicted octanol–water partition coefficient (Wildman–Crippen LogP) is 2.85. The first kappa shape index (κ1) is 26.7. The molecule has 3 fully saturated rings. The Morgan fingerprint density at radius 2 is 1.82 bits per heavy atom. The molecule has 0 bridgehead atoms. The molecular weight excluding hydrogens is 504 g/mol. The molecule has 1 saturated heterocycles. The Balaban J connectivity index is 1.37. The van der Waals surface area contributed by atoms with Crippen LogP contribution in [0.5, 0.6) is 0 Å².